The second-order valence-corrected chi connectivity index (χ2v) is 6.91. The van der Waals surface area contributed by atoms with Crippen molar-refractivity contribution in [2.45, 2.75) is 64.7 Å². The lowest BCUT2D eigenvalue weighted by atomic mass is 9.99. The summed E-state index contributed by atoms with van der Waals surface area (Å²) in [4.78, 5) is 10.9. The Morgan fingerprint density at radius 1 is 0.846 bits per heavy atom. The number of hydrogen-bond acceptors (Lipinski definition) is 1. The normalized spacial score (nSPS) is 10.8. The lowest BCUT2D eigenvalue weighted by Crippen LogP contribution is -1.95. The van der Waals surface area contributed by atoms with Gasteiger partial charge < -0.3 is 5.11 Å². The first-order chi connectivity index (χ1) is 12.6. The second kappa shape index (κ2) is 10.7. The van der Waals surface area contributed by atoms with Gasteiger partial charge in [-0.15, -0.1) is 0 Å². The molecule has 0 atom stereocenters. The maximum Gasteiger partial charge on any atom is 0.335 e. The molecule has 0 radical (unpaired) electrons. The number of aromatic carboxylic acids is 1. The average molecular weight is 356 g/mol. The van der Waals surface area contributed by atoms with Gasteiger partial charge in [0.1, 0.15) is 5.82 Å². The van der Waals surface area contributed by atoms with Gasteiger partial charge in [-0.05, 0) is 47.7 Å². The Hall–Kier alpha value is -2.16. The van der Waals surface area contributed by atoms with Crippen molar-refractivity contribution in [1.29, 1.82) is 0 Å². The van der Waals surface area contributed by atoms with Crippen molar-refractivity contribution in [3.8, 4) is 11.1 Å². The Morgan fingerprint density at radius 2 is 1.42 bits per heavy atom. The summed E-state index contributed by atoms with van der Waals surface area (Å²) in [6.45, 7) is 2.23. The van der Waals surface area contributed by atoms with E-state index in [1.807, 2.05) is 12.1 Å². The van der Waals surface area contributed by atoms with E-state index in [9.17, 15) is 9.18 Å². The lowest BCUT2D eigenvalue weighted by Gasteiger charge is -2.07. The number of halogens is 1. The van der Waals surface area contributed by atoms with Crippen LogP contribution < -0.4 is 0 Å². The SMILES string of the molecule is CCCCCCCCCCc1ccc(-c2ccc(C(=O)O)cc2)cc1F. The Morgan fingerprint density at radius 3 is 2.00 bits per heavy atom. The molecule has 0 spiro atoms. The van der Waals surface area contributed by atoms with Gasteiger partial charge in [-0.1, -0.05) is 76.1 Å². The third-order valence-electron chi connectivity index (χ3n) is 4.82. The Balaban J connectivity index is 1.82. The van der Waals surface area contributed by atoms with E-state index in [0.29, 0.717) is 0 Å². The predicted octanol–water partition coefficient (Wildman–Crippen LogP) is 6.87. The molecule has 1 N–H and O–H groups in total. The molecule has 0 fully saturated rings. The quantitative estimate of drug-likeness (QED) is 0.446. The summed E-state index contributed by atoms with van der Waals surface area (Å²) in [5, 5.41) is 8.94. The minimum absolute atomic E-state index is 0.173. The maximum atomic E-state index is 14.4. The van der Waals surface area contributed by atoms with E-state index in [1.165, 1.54) is 38.5 Å². The summed E-state index contributed by atoms with van der Waals surface area (Å²) < 4.78 is 14.4. The monoisotopic (exact) mass is 356 g/mol. The summed E-state index contributed by atoms with van der Waals surface area (Å²) in [7, 11) is 0. The van der Waals surface area contributed by atoms with Crippen molar-refractivity contribution in [3.05, 3.63) is 59.4 Å². The smallest absolute Gasteiger partial charge is 0.335 e. The highest BCUT2D eigenvalue weighted by atomic mass is 19.1. The number of carboxylic acids is 1. The molecular formula is C23H29FO2. The van der Waals surface area contributed by atoms with Crippen molar-refractivity contribution < 1.29 is 14.3 Å². The van der Waals surface area contributed by atoms with Gasteiger partial charge >= 0.3 is 5.97 Å². The van der Waals surface area contributed by atoms with Gasteiger partial charge in [-0.3, -0.25) is 0 Å². The van der Waals surface area contributed by atoms with Crippen LogP contribution in [0.1, 0.15) is 74.2 Å². The number of rotatable bonds is 11. The largest absolute Gasteiger partial charge is 0.478 e. The molecule has 26 heavy (non-hydrogen) atoms. The summed E-state index contributed by atoms with van der Waals surface area (Å²) >= 11 is 0. The third-order valence-corrected chi connectivity index (χ3v) is 4.82. The molecule has 0 aliphatic carbocycles. The zero-order valence-electron chi connectivity index (χ0n) is 15.6. The van der Waals surface area contributed by atoms with Crippen LogP contribution in [0, 0.1) is 5.82 Å². The fourth-order valence-corrected chi connectivity index (χ4v) is 3.18. The number of unbranched alkanes of at least 4 members (excludes halogenated alkanes) is 7. The van der Waals surface area contributed by atoms with Crippen molar-refractivity contribution >= 4 is 5.97 Å². The summed E-state index contributed by atoms with van der Waals surface area (Å²) in [6.07, 6.45) is 10.7. The number of aryl methyl sites for hydroxylation is 1. The summed E-state index contributed by atoms with van der Waals surface area (Å²) in [6, 6.07) is 11.9. The molecule has 0 bridgehead atoms. The molecule has 2 aromatic carbocycles. The van der Waals surface area contributed by atoms with Gasteiger partial charge in [-0.25, -0.2) is 9.18 Å². The molecule has 2 rings (SSSR count). The van der Waals surface area contributed by atoms with Gasteiger partial charge in [-0.2, -0.15) is 0 Å². The van der Waals surface area contributed by atoms with Gasteiger partial charge in [0.25, 0.3) is 0 Å². The molecule has 140 valence electrons. The lowest BCUT2D eigenvalue weighted by molar-refractivity contribution is 0.0697. The van der Waals surface area contributed by atoms with E-state index in [-0.39, 0.29) is 11.4 Å². The average Bonchev–Trinajstić information content (AvgIpc) is 2.65. The third kappa shape index (κ3) is 6.29. The Labute approximate surface area is 156 Å². The minimum atomic E-state index is -0.955. The zero-order chi connectivity index (χ0) is 18.8. The minimum Gasteiger partial charge on any atom is -0.478 e. The highest BCUT2D eigenvalue weighted by Gasteiger charge is 2.07. The molecular weight excluding hydrogens is 327 g/mol. The number of benzene rings is 2. The Kier molecular flexibility index (Phi) is 8.33. The van der Waals surface area contributed by atoms with E-state index in [2.05, 4.69) is 6.92 Å². The molecule has 0 aliphatic rings. The summed E-state index contributed by atoms with van der Waals surface area (Å²) in [5.41, 5.74) is 2.61. The van der Waals surface area contributed by atoms with Crippen LogP contribution in [0.15, 0.2) is 42.5 Å². The number of carboxylic acid groups (broad SMARTS) is 1. The highest BCUT2D eigenvalue weighted by molar-refractivity contribution is 5.88. The fourth-order valence-electron chi connectivity index (χ4n) is 3.18. The summed E-state index contributed by atoms with van der Waals surface area (Å²) in [5.74, 6) is -1.13. The van der Waals surface area contributed by atoms with Crippen molar-refractivity contribution in [3.63, 3.8) is 0 Å². The first-order valence-corrected chi connectivity index (χ1v) is 9.74. The molecule has 0 amide bonds. The van der Waals surface area contributed by atoms with Crippen LogP contribution in [0.3, 0.4) is 0 Å². The van der Waals surface area contributed by atoms with E-state index < -0.39 is 5.97 Å². The van der Waals surface area contributed by atoms with Crippen LogP contribution in [0.25, 0.3) is 11.1 Å². The van der Waals surface area contributed by atoms with E-state index in [4.69, 9.17) is 5.11 Å². The van der Waals surface area contributed by atoms with Gasteiger partial charge in [0.05, 0.1) is 5.56 Å². The van der Waals surface area contributed by atoms with Crippen molar-refractivity contribution in [1.82, 2.24) is 0 Å². The van der Waals surface area contributed by atoms with E-state index in [0.717, 1.165) is 36.0 Å². The highest BCUT2D eigenvalue weighted by Crippen LogP contribution is 2.23. The predicted molar refractivity (Wildman–Crippen MR) is 105 cm³/mol. The topological polar surface area (TPSA) is 37.3 Å². The number of carbonyl (C=O) groups is 1. The van der Waals surface area contributed by atoms with Gasteiger partial charge in [0, 0.05) is 0 Å². The van der Waals surface area contributed by atoms with E-state index >= 15 is 0 Å². The zero-order valence-corrected chi connectivity index (χ0v) is 15.6. The molecule has 0 aromatic heterocycles. The van der Waals surface area contributed by atoms with Crippen LogP contribution in [-0.4, -0.2) is 11.1 Å². The molecule has 0 aliphatic heterocycles. The molecule has 2 nitrogen and oxygen atoms in total. The van der Waals surface area contributed by atoms with Crippen LogP contribution >= 0.6 is 0 Å². The fraction of sp³-hybridized carbons (Fsp3) is 0.435. The molecule has 0 saturated heterocycles. The van der Waals surface area contributed by atoms with Gasteiger partial charge in [0.15, 0.2) is 0 Å². The molecule has 0 heterocycles. The standard InChI is InChI=1S/C23H29FO2/c1-2-3-4-5-6-7-8-9-10-19-13-16-21(17-22(19)24)18-11-14-20(15-12-18)23(25)26/h11-17H,2-10H2,1H3,(H,25,26). The maximum absolute atomic E-state index is 14.4. The second-order valence-electron chi connectivity index (χ2n) is 6.91. The van der Waals surface area contributed by atoms with Crippen molar-refractivity contribution in [2.75, 3.05) is 0 Å². The van der Waals surface area contributed by atoms with Crippen molar-refractivity contribution in [2.24, 2.45) is 0 Å². The van der Waals surface area contributed by atoms with Crippen LogP contribution in [-0.2, 0) is 6.42 Å². The first-order valence-electron chi connectivity index (χ1n) is 9.74. The molecule has 3 heteroatoms. The van der Waals surface area contributed by atoms with Gasteiger partial charge in [0.2, 0.25) is 0 Å². The van der Waals surface area contributed by atoms with Crippen LogP contribution in [0.5, 0.6) is 0 Å². The molecule has 0 unspecified atom stereocenters. The van der Waals surface area contributed by atoms with E-state index in [1.54, 1.807) is 30.3 Å². The first kappa shape index (κ1) is 20.2. The van der Waals surface area contributed by atoms with Crippen LogP contribution in [0.4, 0.5) is 4.39 Å². The number of hydrogen-bond donors (Lipinski definition) is 1. The molecule has 2 aromatic rings. The van der Waals surface area contributed by atoms with Crippen LogP contribution in [0.2, 0.25) is 0 Å². The Bertz CT molecular complexity index is 692. The molecule has 0 saturated carbocycles.